The van der Waals surface area contributed by atoms with Gasteiger partial charge in [-0.25, -0.2) is 4.85 Å². The van der Waals surface area contributed by atoms with Gasteiger partial charge in [0.05, 0.1) is 45.8 Å². The lowest BCUT2D eigenvalue weighted by Crippen LogP contribution is -2.25. The summed E-state index contributed by atoms with van der Waals surface area (Å²) in [7, 11) is 0. The molecule has 15 aliphatic carbocycles. The minimum absolute atomic E-state index is 0.510. The predicted molar refractivity (Wildman–Crippen MR) is 301 cm³/mol. The van der Waals surface area contributed by atoms with E-state index in [1.807, 2.05) is 0 Å². The minimum atomic E-state index is 0.510. The van der Waals surface area contributed by atoms with Gasteiger partial charge < -0.3 is 8.80 Å². The molecule has 0 spiro atoms. The maximum absolute atomic E-state index is 11.2. The van der Waals surface area contributed by atoms with Crippen LogP contribution in [0.4, 0.5) is 5.69 Å². The van der Waals surface area contributed by atoms with Gasteiger partial charge in [0, 0.05) is 48.6 Å². The predicted octanol–water partition coefficient (Wildman–Crippen LogP) is 18.2. The molecule has 4 aromatic heterocycles. The van der Waals surface area contributed by atoms with Crippen LogP contribution >= 0.6 is 0 Å². The Morgan fingerprint density at radius 3 is 1.47 bits per heavy atom. The Kier molecular flexibility index (Phi) is 6.64. The molecule has 6 fully saturated rings. The number of rotatable bonds is 0. The molecular weight excluding hydrogens is 909 g/mol. The van der Waals surface area contributed by atoms with Crippen LogP contribution in [-0.2, 0) is 25.7 Å². The van der Waals surface area contributed by atoms with Crippen LogP contribution in [0, 0.1) is 41.6 Å². The van der Waals surface area contributed by atoms with Crippen molar-refractivity contribution in [1.82, 2.24) is 8.80 Å². The normalized spacial score (nSPS) is 32.5. The molecule has 0 N–H and O–H groups in total. The highest BCUT2D eigenvalue weighted by molar-refractivity contribution is 6.33. The first kappa shape index (κ1) is 39.3. The van der Waals surface area contributed by atoms with E-state index < -0.39 is 0 Å². The summed E-state index contributed by atoms with van der Waals surface area (Å²) in [5.74, 6) is 8.28. The molecule has 0 aliphatic heterocycles. The summed E-state index contributed by atoms with van der Waals surface area (Å²) in [4.78, 5) is 4.49. The second-order valence-electron chi connectivity index (χ2n) is 28.2. The summed E-state index contributed by atoms with van der Waals surface area (Å²) in [6, 6.07) is 18.2. The molecule has 0 amide bonds. The first-order valence-electron chi connectivity index (χ1n) is 30.7. The van der Waals surface area contributed by atoms with Gasteiger partial charge in [0.1, 0.15) is 0 Å². The zero-order valence-corrected chi connectivity index (χ0v) is 43.0. The van der Waals surface area contributed by atoms with Crippen LogP contribution in [0.1, 0.15) is 229 Å². The zero-order chi connectivity index (χ0) is 47.9. The SMILES string of the molecule is [C-]#[N+]c1cc2c(c3c1C1CCC3CC1)c1c3c4c(c5c6c7c(ccc6n2c51)C1CC2CC(C1)CC7C2)CCc1c-4c(c2c4c5c(c(C#N)cc4n4c6ccc7c(c6c1c24)C1CC2CC7CC1C2)C1CCC5CC1)CC3. The number of nitriles is 1. The average molecular weight is 969 g/mol. The van der Waals surface area contributed by atoms with Crippen molar-refractivity contribution in [1.29, 1.82) is 5.26 Å². The molecule has 11 bridgehead atoms. The van der Waals surface area contributed by atoms with Crippen molar-refractivity contribution < 1.29 is 0 Å². The number of hydrogen-bond donors (Lipinski definition) is 0. The third kappa shape index (κ3) is 4.17. The molecule has 0 saturated heterocycles. The van der Waals surface area contributed by atoms with Gasteiger partial charge in [-0.05, 0) is 308 Å². The van der Waals surface area contributed by atoms with Gasteiger partial charge >= 0.3 is 0 Å². The second kappa shape index (κ2) is 12.7. The Morgan fingerprint density at radius 1 is 0.427 bits per heavy atom. The molecular formula is C71H60N4. The Hall–Kier alpha value is -6.10. The van der Waals surface area contributed by atoms with Crippen molar-refractivity contribution in [3.8, 4) is 17.2 Å². The molecule has 4 heteroatoms. The van der Waals surface area contributed by atoms with Gasteiger partial charge in [-0.1, -0.05) is 12.1 Å². The summed E-state index contributed by atoms with van der Waals surface area (Å²) in [6.07, 6.45) is 27.0. The standard InChI is InChI=1S/C71H60N4/c1-73-49-28-53-69(58-36-8-4-34(5-9-36)56(49)58)65-47-13-12-46-61-45(11-10-44(60(47)61)62-66-50(75(53)70(62)65)16-14-42-37-19-30-18-31(20-37)24-40(23-30)55(42)66)63-67-51(17-15-43-38-21-32-22-39(26-38)48(25-32)59(43)67)74-52-27-41(29-72)54-33-2-6-35(7-3-33)57(54)68(52)64(46)71(63)74/h14-17,27-28,30-40,48H,2-13,18-26H2. The van der Waals surface area contributed by atoms with Crippen molar-refractivity contribution in [2.45, 2.75) is 182 Å². The van der Waals surface area contributed by atoms with E-state index in [0.717, 1.165) is 60.6 Å². The Balaban J connectivity index is 0.972. The minimum Gasteiger partial charge on any atom is -0.309 e. The van der Waals surface area contributed by atoms with Gasteiger partial charge in [0.15, 0.2) is 5.69 Å². The van der Waals surface area contributed by atoms with Crippen LogP contribution in [0.5, 0.6) is 0 Å². The van der Waals surface area contributed by atoms with E-state index in [1.165, 1.54) is 153 Å². The lowest BCUT2D eigenvalue weighted by atomic mass is 9.64. The fourth-order valence-electron chi connectivity index (χ4n) is 23.8. The van der Waals surface area contributed by atoms with Gasteiger partial charge in [-0.3, -0.25) is 0 Å². The fourth-order valence-corrected chi connectivity index (χ4v) is 23.8. The van der Waals surface area contributed by atoms with Crippen LogP contribution in [0.25, 0.3) is 92.2 Å². The highest BCUT2D eigenvalue weighted by Crippen LogP contribution is 2.67. The van der Waals surface area contributed by atoms with Gasteiger partial charge in [-0.2, -0.15) is 5.26 Å². The van der Waals surface area contributed by atoms with Gasteiger partial charge in [0.2, 0.25) is 0 Å². The van der Waals surface area contributed by atoms with E-state index in [4.69, 9.17) is 6.57 Å². The summed E-state index contributed by atoms with van der Waals surface area (Å²) < 4.78 is 5.60. The van der Waals surface area contributed by atoms with E-state index in [1.54, 1.807) is 110 Å². The maximum atomic E-state index is 11.2. The average Bonchev–Trinajstić information content (AvgIpc) is 4.21. The molecule has 75 heavy (non-hydrogen) atoms. The zero-order valence-electron chi connectivity index (χ0n) is 43.0. The molecule has 10 aromatic rings. The van der Waals surface area contributed by atoms with Crippen molar-refractivity contribution >= 4 is 81.9 Å². The fraction of sp³-hybridized carbons (Fsp3) is 0.465. The topological polar surface area (TPSA) is 37.0 Å². The molecule has 6 unspecified atom stereocenters. The third-order valence-corrected chi connectivity index (χ3v) is 25.7. The highest BCUT2D eigenvalue weighted by Gasteiger charge is 2.50. The number of benzene rings is 6. The van der Waals surface area contributed by atoms with E-state index in [0.29, 0.717) is 47.3 Å². The number of fused-ring (bicyclic) bond motifs is 26. The van der Waals surface area contributed by atoms with Gasteiger partial charge in [-0.15, -0.1) is 0 Å². The summed E-state index contributed by atoms with van der Waals surface area (Å²) in [5.41, 5.74) is 33.6. The first-order chi connectivity index (χ1) is 37.1. The largest absolute Gasteiger partial charge is 0.309 e. The first-order valence-corrected chi connectivity index (χ1v) is 30.7. The molecule has 6 atom stereocenters. The lowest BCUT2D eigenvalue weighted by Gasteiger charge is -2.40. The van der Waals surface area contributed by atoms with Crippen LogP contribution in [-0.4, -0.2) is 8.80 Å². The van der Waals surface area contributed by atoms with E-state index in [9.17, 15) is 5.26 Å². The van der Waals surface area contributed by atoms with Crippen molar-refractivity contribution in [3.63, 3.8) is 0 Å². The quantitative estimate of drug-likeness (QED) is 0.140. The monoisotopic (exact) mass is 968 g/mol. The summed E-state index contributed by atoms with van der Waals surface area (Å²) in [6.45, 7) is 8.84. The third-order valence-electron chi connectivity index (χ3n) is 25.7. The van der Waals surface area contributed by atoms with Crippen LogP contribution in [0.3, 0.4) is 0 Å². The number of aromatic nitrogens is 2. The van der Waals surface area contributed by atoms with Crippen molar-refractivity contribution in [2.75, 3.05) is 0 Å². The van der Waals surface area contributed by atoms with Crippen LogP contribution in [0.15, 0.2) is 36.4 Å². The van der Waals surface area contributed by atoms with E-state index >= 15 is 0 Å². The van der Waals surface area contributed by atoms with E-state index in [2.05, 4.69) is 56.1 Å². The number of hydrogen-bond acceptors (Lipinski definition) is 1. The van der Waals surface area contributed by atoms with Crippen LogP contribution < -0.4 is 0 Å². The molecule has 6 saturated carbocycles. The van der Waals surface area contributed by atoms with E-state index in [-0.39, 0.29) is 0 Å². The molecule has 15 aliphatic rings. The lowest BCUT2D eigenvalue weighted by molar-refractivity contribution is 0.166. The molecule has 4 heterocycles. The molecule has 0 radical (unpaired) electrons. The maximum Gasteiger partial charge on any atom is 0.193 e. The van der Waals surface area contributed by atoms with Crippen molar-refractivity contribution in [3.05, 3.63) is 120 Å². The Labute approximate surface area is 436 Å². The molecule has 25 rings (SSSR count). The van der Waals surface area contributed by atoms with Crippen molar-refractivity contribution in [2.24, 2.45) is 23.7 Å². The Bertz CT molecular complexity index is 4560. The molecule has 364 valence electrons. The highest BCUT2D eigenvalue weighted by atomic mass is 14.9. The molecule has 4 nitrogen and oxygen atoms in total. The smallest absolute Gasteiger partial charge is 0.193 e. The van der Waals surface area contributed by atoms with Crippen LogP contribution in [0.2, 0.25) is 0 Å². The Morgan fingerprint density at radius 2 is 0.893 bits per heavy atom. The molecule has 6 aromatic carbocycles. The number of nitrogens with zero attached hydrogens (tertiary/aromatic N) is 4. The summed E-state index contributed by atoms with van der Waals surface area (Å²) >= 11 is 0. The summed E-state index contributed by atoms with van der Waals surface area (Å²) in [5, 5.41) is 24.0. The second-order valence-corrected chi connectivity index (χ2v) is 28.2. The van der Waals surface area contributed by atoms with Gasteiger partial charge in [0.25, 0.3) is 0 Å². The number of aryl methyl sites for hydroxylation is 4.